The van der Waals surface area contributed by atoms with E-state index in [4.69, 9.17) is 0 Å². The average molecular weight is 230 g/mol. The lowest BCUT2D eigenvalue weighted by molar-refractivity contribution is 0.195. The fourth-order valence-corrected chi connectivity index (χ4v) is 3.21. The van der Waals surface area contributed by atoms with Crippen molar-refractivity contribution < 1.29 is 0 Å². The highest BCUT2D eigenvalue weighted by Gasteiger charge is 2.23. The summed E-state index contributed by atoms with van der Waals surface area (Å²) in [6, 6.07) is 1.47. The zero-order chi connectivity index (χ0) is 11.3. The number of rotatable bonds is 6. The monoisotopic (exact) mass is 230 g/mol. The van der Waals surface area contributed by atoms with E-state index in [0.717, 1.165) is 25.0 Å². The van der Waals surface area contributed by atoms with Crippen molar-refractivity contribution in [3.63, 3.8) is 0 Å². The van der Waals surface area contributed by atoms with Crippen LogP contribution in [0.25, 0.3) is 0 Å². The predicted molar refractivity (Wildman–Crippen MR) is 70.7 cm³/mol. The molecule has 2 atom stereocenters. The third-order valence-electron chi connectivity index (χ3n) is 3.17. The van der Waals surface area contributed by atoms with Gasteiger partial charge in [-0.05, 0) is 38.6 Å². The molecule has 0 bridgehead atoms. The van der Waals surface area contributed by atoms with Gasteiger partial charge in [-0.3, -0.25) is 4.90 Å². The molecule has 3 heteroatoms. The van der Waals surface area contributed by atoms with Crippen molar-refractivity contribution in [3.05, 3.63) is 0 Å². The molecule has 0 saturated carbocycles. The van der Waals surface area contributed by atoms with E-state index >= 15 is 0 Å². The lowest BCUT2D eigenvalue weighted by Gasteiger charge is -2.30. The summed E-state index contributed by atoms with van der Waals surface area (Å²) >= 11 is 2.09. The molecule has 1 rings (SSSR count). The number of nitrogens with zero attached hydrogens (tertiary/aromatic N) is 1. The first-order valence-electron chi connectivity index (χ1n) is 6.11. The van der Waals surface area contributed by atoms with Gasteiger partial charge in [-0.2, -0.15) is 11.8 Å². The zero-order valence-electron chi connectivity index (χ0n) is 10.6. The van der Waals surface area contributed by atoms with Gasteiger partial charge in [0.25, 0.3) is 0 Å². The van der Waals surface area contributed by atoms with Crippen molar-refractivity contribution >= 4 is 11.8 Å². The topological polar surface area (TPSA) is 15.3 Å². The van der Waals surface area contributed by atoms with Crippen molar-refractivity contribution in [1.82, 2.24) is 10.2 Å². The maximum Gasteiger partial charge on any atom is 0.0194 e. The van der Waals surface area contributed by atoms with Crippen molar-refractivity contribution in [3.8, 4) is 0 Å². The second kappa shape index (κ2) is 6.77. The van der Waals surface area contributed by atoms with Gasteiger partial charge in [-0.25, -0.2) is 0 Å². The number of hydrogen-bond donors (Lipinski definition) is 1. The SMILES string of the molecule is CC(C)CNCC(C)N(C)C1CCSC1. The summed E-state index contributed by atoms with van der Waals surface area (Å²) in [5.41, 5.74) is 0. The van der Waals surface area contributed by atoms with Gasteiger partial charge < -0.3 is 5.32 Å². The summed E-state index contributed by atoms with van der Waals surface area (Å²) < 4.78 is 0. The molecule has 0 aromatic heterocycles. The third kappa shape index (κ3) is 4.75. The highest BCUT2D eigenvalue weighted by Crippen LogP contribution is 2.22. The fourth-order valence-electron chi connectivity index (χ4n) is 1.93. The van der Waals surface area contributed by atoms with E-state index in [1.54, 1.807) is 0 Å². The van der Waals surface area contributed by atoms with Gasteiger partial charge >= 0.3 is 0 Å². The van der Waals surface area contributed by atoms with Gasteiger partial charge in [-0.15, -0.1) is 0 Å². The van der Waals surface area contributed by atoms with Crippen LogP contribution in [0.4, 0.5) is 0 Å². The Bertz CT molecular complexity index is 167. The standard InChI is InChI=1S/C12H26N2S/c1-10(2)7-13-8-11(3)14(4)12-5-6-15-9-12/h10-13H,5-9H2,1-4H3. The van der Waals surface area contributed by atoms with Gasteiger partial charge in [0.15, 0.2) is 0 Å². The molecule has 0 spiro atoms. The van der Waals surface area contributed by atoms with Gasteiger partial charge in [0.2, 0.25) is 0 Å². The minimum Gasteiger partial charge on any atom is -0.315 e. The molecule has 1 saturated heterocycles. The minimum absolute atomic E-state index is 0.660. The Morgan fingerprint density at radius 2 is 2.07 bits per heavy atom. The van der Waals surface area contributed by atoms with E-state index < -0.39 is 0 Å². The van der Waals surface area contributed by atoms with E-state index in [2.05, 4.69) is 49.8 Å². The van der Waals surface area contributed by atoms with Crippen LogP contribution < -0.4 is 5.32 Å². The Morgan fingerprint density at radius 1 is 1.33 bits per heavy atom. The smallest absolute Gasteiger partial charge is 0.0194 e. The molecule has 0 aromatic carbocycles. The Hall–Kier alpha value is 0.270. The number of hydrogen-bond acceptors (Lipinski definition) is 3. The summed E-state index contributed by atoms with van der Waals surface area (Å²) in [6.07, 6.45) is 1.37. The maximum atomic E-state index is 3.54. The summed E-state index contributed by atoms with van der Waals surface area (Å²) in [5.74, 6) is 3.43. The Kier molecular flexibility index (Phi) is 6.02. The van der Waals surface area contributed by atoms with Crippen LogP contribution in [0.1, 0.15) is 27.2 Å². The predicted octanol–water partition coefficient (Wildman–Crippen LogP) is 2.06. The lowest BCUT2D eigenvalue weighted by Crippen LogP contribution is -2.44. The van der Waals surface area contributed by atoms with Crippen LogP contribution in [0.3, 0.4) is 0 Å². The summed E-state index contributed by atoms with van der Waals surface area (Å²) in [7, 11) is 2.28. The second-order valence-corrected chi connectivity index (χ2v) is 6.23. The molecule has 0 amide bonds. The van der Waals surface area contributed by atoms with Crippen molar-refractivity contribution in [2.24, 2.45) is 5.92 Å². The summed E-state index contributed by atoms with van der Waals surface area (Å²) in [4.78, 5) is 2.55. The van der Waals surface area contributed by atoms with Gasteiger partial charge in [0, 0.05) is 24.4 Å². The molecule has 0 aliphatic carbocycles. The van der Waals surface area contributed by atoms with Crippen molar-refractivity contribution in [2.75, 3.05) is 31.6 Å². The second-order valence-electron chi connectivity index (χ2n) is 5.08. The Balaban J connectivity index is 2.17. The van der Waals surface area contributed by atoms with E-state index in [1.165, 1.54) is 17.9 Å². The van der Waals surface area contributed by atoms with Crippen LogP contribution in [0.5, 0.6) is 0 Å². The quantitative estimate of drug-likeness (QED) is 0.752. The highest BCUT2D eigenvalue weighted by molar-refractivity contribution is 7.99. The third-order valence-corrected chi connectivity index (χ3v) is 4.31. The first kappa shape index (κ1) is 13.3. The molecular weight excluding hydrogens is 204 g/mol. The van der Waals surface area contributed by atoms with Crippen LogP contribution in [0, 0.1) is 5.92 Å². The number of likely N-dealkylation sites (N-methyl/N-ethyl adjacent to an activating group) is 1. The molecule has 90 valence electrons. The van der Waals surface area contributed by atoms with Crippen LogP contribution in [-0.2, 0) is 0 Å². The minimum atomic E-state index is 0.660. The van der Waals surface area contributed by atoms with E-state index in [0.29, 0.717) is 6.04 Å². The molecule has 1 fully saturated rings. The fraction of sp³-hybridized carbons (Fsp3) is 1.00. The average Bonchev–Trinajstić information content (AvgIpc) is 2.68. The van der Waals surface area contributed by atoms with Crippen LogP contribution >= 0.6 is 11.8 Å². The first-order valence-corrected chi connectivity index (χ1v) is 7.27. The molecule has 0 radical (unpaired) electrons. The highest BCUT2D eigenvalue weighted by atomic mass is 32.2. The Labute approximate surface area is 99.2 Å². The molecule has 2 unspecified atom stereocenters. The van der Waals surface area contributed by atoms with Gasteiger partial charge in [-0.1, -0.05) is 13.8 Å². The number of thioether (sulfide) groups is 1. The zero-order valence-corrected chi connectivity index (χ0v) is 11.4. The summed E-state index contributed by atoms with van der Waals surface area (Å²) in [5, 5.41) is 3.54. The normalized spacial score (nSPS) is 24.0. The Morgan fingerprint density at radius 3 is 2.60 bits per heavy atom. The van der Waals surface area contributed by atoms with Gasteiger partial charge in [0.05, 0.1) is 0 Å². The van der Waals surface area contributed by atoms with Crippen molar-refractivity contribution in [1.29, 1.82) is 0 Å². The van der Waals surface area contributed by atoms with E-state index in [9.17, 15) is 0 Å². The first-order chi connectivity index (χ1) is 7.11. The van der Waals surface area contributed by atoms with E-state index in [-0.39, 0.29) is 0 Å². The molecule has 2 nitrogen and oxygen atoms in total. The molecule has 1 aliphatic rings. The molecular formula is C12H26N2S. The molecule has 1 heterocycles. The molecule has 15 heavy (non-hydrogen) atoms. The van der Waals surface area contributed by atoms with Crippen LogP contribution in [-0.4, -0.2) is 48.6 Å². The maximum absolute atomic E-state index is 3.54. The lowest BCUT2D eigenvalue weighted by atomic mass is 10.1. The summed E-state index contributed by atoms with van der Waals surface area (Å²) in [6.45, 7) is 9.10. The number of nitrogens with one attached hydrogen (secondary N) is 1. The molecule has 1 aliphatic heterocycles. The van der Waals surface area contributed by atoms with E-state index in [1.807, 2.05) is 0 Å². The molecule has 0 aromatic rings. The molecule has 1 N–H and O–H groups in total. The van der Waals surface area contributed by atoms with Crippen molar-refractivity contribution in [2.45, 2.75) is 39.3 Å². The van der Waals surface area contributed by atoms with Gasteiger partial charge in [0.1, 0.15) is 0 Å². The van der Waals surface area contributed by atoms with Crippen LogP contribution in [0.15, 0.2) is 0 Å². The largest absolute Gasteiger partial charge is 0.315 e. The van der Waals surface area contributed by atoms with Crippen LogP contribution in [0.2, 0.25) is 0 Å².